The molecule has 0 spiro atoms. The van der Waals surface area contributed by atoms with Crippen LogP contribution >= 0.6 is 23.5 Å². The molecule has 1 aromatic carbocycles. The standard InChI is InChI=1S/C10H10O2S2/c1-2-8-10-9(12-4-6-14-10)7(1)11-3-5-13-8/h1-2H,3-6H2. The summed E-state index contributed by atoms with van der Waals surface area (Å²) in [5.41, 5.74) is 0. The molecule has 0 radical (unpaired) electrons. The average Bonchev–Trinajstić information content (AvgIpc) is 2.18. The molecule has 0 atom stereocenters. The van der Waals surface area contributed by atoms with Crippen molar-refractivity contribution in [1.29, 1.82) is 0 Å². The highest BCUT2D eigenvalue weighted by molar-refractivity contribution is 8.02. The first-order valence-corrected chi connectivity index (χ1v) is 6.60. The molecule has 4 heteroatoms. The monoisotopic (exact) mass is 226 g/mol. The molecule has 0 fully saturated rings. The van der Waals surface area contributed by atoms with Crippen molar-refractivity contribution in [3.05, 3.63) is 12.1 Å². The molecule has 3 rings (SSSR count). The minimum Gasteiger partial charge on any atom is -0.489 e. The van der Waals surface area contributed by atoms with Gasteiger partial charge in [0.2, 0.25) is 0 Å². The average molecular weight is 226 g/mol. The van der Waals surface area contributed by atoms with Crippen molar-refractivity contribution in [2.24, 2.45) is 0 Å². The number of hydrogen-bond donors (Lipinski definition) is 0. The Morgan fingerprint density at radius 2 is 1.86 bits per heavy atom. The zero-order chi connectivity index (χ0) is 9.38. The van der Waals surface area contributed by atoms with Crippen molar-refractivity contribution in [1.82, 2.24) is 0 Å². The van der Waals surface area contributed by atoms with E-state index in [0.29, 0.717) is 0 Å². The van der Waals surface area contributed by atoms with Crippen LogP contribution in [0.2, 0.25) is 0 Å². The van der Waals surface area contributed by atoms with E-state index in [1.807, 2.05) is 29.6 Å². The molecule has 0 aromatic heterocycles. The van der Waals surface area contributed by atoms with Gasteiger partial charge in [-0.1, -0.05) is 0 Å². The highest BCUT2D eigenvalue weighted by atomic mass is 32.2. The van der Waals surface area contributed by atoms with Crippen LogP contribution in [-0.4, -0.2) is 24.7 Å². The zero-order valence-corrected chi connectivity index (χ0v) is 9.25. The maximum atomic E-state index is 5.66. The van der Waals surface area contributed by atoms with Gasteiger partial charge in [-0.25, -0.2) is 0 Å². The molecule has 0 unspecified atom stereocenters. The van der Waals surface area contributed by atoms with E-state index in [1.165, 1.54) is 9.79 Å². The van der Waals surface area contributed by atoms with Gasteiger partial charge >= 0.3 is 0 Å². The van der Waals surface area contributed by atoms with Gasteiger partial charge in [0.05, 0.1) is 18.1 Å². The Labute approximate surface area is 91.4 Å². The van der Waals surface area contributed by atoms with Crippen molar-refractivity contribution in [3.63, 3.8) is 0 Å². The van der Waals surface area contributed by atoms with Gasteiger partial charge in [0.25, 0.3) is 0 Å². The van der Waals surface area contributed by atoms with Crippen LogP contribution in [0.15, 0.2) is 21.9 Å². The van der Waals surface area contributed by atoms with Crippen LogP contribution in [0.1, 0.15) is 0 Å². The van der Waals surface area contributed by atoms with Gasteiger partial charge in [0.1, 0.15) is 0 Å². The van der Waals surface area contributed by atoms with E-state index in [-0.39, 0.29) is 0 Å². The molecule has 2 bridgehead atoms. The fourth-order valence-corrected chi connectivity index (χ4v) is 3.62. The van der Waals surface area contributed by atoms with Crippen molar-refractivity contribution in [3.8, 4) is 11.5 Å². The van der Waals surface area contributed by atoms with Gasteiger partial charge in [-0.2, -0.15) is 0 Å². The molecule has 1 aromatic rings. The SMILES string of the molecule is c1cc2c3c(c1OCCS2)OCCS3. The van der Waals surface area contributed by atoms with E-state index < -0.39 is 0 Å². The maximum Gasteiger partial charge on any atom is 0.175 e. The maximum absolute atomic E-state index is 5.66. The van der Waals surface area contributed by atoms with Crippen LogP contribution in [0, 0.1) is 0 Å². The Hall–Kier alpha value is -0.480. The first kappa shape index (κ1) is 8.80. The van der Waals surface area contributed by atoms with Crippen LogP contribution in [0.3, 0.4) is 0 Å². The largest absolute Gasteiger partial charge is 0.489 e. The molecule has 0 amide bonds. The quantitative estimate of drug-likeness (QED) is 0.676. The van der Waals surface area contributed by atoms with Crippen LogP contribution in [-0.2, 0) is 0 Å². The number of benzene rings is 1. The molecule has 0 saturated heterocycles. The van der Waals surface area contributed by atoms with Crippen LogP contribution < -0.4 is 9.47 Å². The topological polar surface area (TPSA) is 18.5 Å². The first-order chi connectivity index (χ1) is 6.95. The van der Waals surface area contributed by atoms with Gasteiger partial charge in [0.15, 0.2) is 11.5 Å². The fourth-order valence-electron chi connectivity index (χ4n) is 1.62. The summed E-state index contributed by atoms with van der Waals surface area (Å²) in [6.45, 7) is 1.57. The minimum atomic E-state index is 0.776. The highest BCUT2D eigenvalue weighted by Gasteiger charge is 2.22. The molecule has 2 heterocycles. The Morgan fingerprint density at radius 1 is 1.00 bits per heavy atom. The molecule has 2 nitrogen and oxygen atoms in total. The van der Waals surface area contributed by atoms with Crippen LogP contribution in [0.4, 0.5) is 0 Å². The second kappa shape index (κ2) is 3.59. The number of ether oxygens (including phenoxy) is 2. The molecule has 0 N–H and O–H groups in total. The predicted octanol–water partition coefficient (Wildman–Crippen LogP) is 2.66. The third-order valence-electron chi connectivity index (χ3n) is 2.21. The summed E-state index contributed by atoms with van der Waals surface area (Å²) in [5.74, 6) is 3.95. The lowest BCUT2D eigenvalue weighted by atomic mass is 10.3. The van der Waals surface area contributed by atoms with Gasteiger partial charge in [-0.3, -0.25) is 0 Å². The predicted molar refractivity (Wildman–Crippen MR) is 58.9 cm³/mol. The second-order valence-electron chi connectivity index (χ2n) is 3.11. The molecule has 2 aliphatic rings. The lowest BCUT2D eigenvalue weighted by molar-refractivity contribution is 0.278. The lowest BCUT2D eigenvalue weighted by Crippen LogP contribution is -2.12. The van der Waals surface area contributed by atoms with Crippen molar-refractivity contribution >= 4 is 23.5 Å². The van der Waals surface area contributed by atoms with Gasteiger partial charge in [-0.15, -0.1) is 23.5 Å². The first-order valence-electron chi connectivity index (χ1n) is 4.63. The van der Waals surface area contributed by atoms with E-state index in [0.717, 1.165) is 36.2 Å². The third kappa shape index (κ3) is 1.37. The van der Waals surface area contributed by atoms with Crippen molar-refractivity contribution in [2.75, 3.05) is 24.7 Å². The van der Waals surface area contributed by atoms with E-state index in [1.54, 1.807) is 0 Å². The normalized spacial score (nSPS) is 18.9. The number of thioether (sulfide) groups is 2. The van der Waals surface area contributed by atoms with E-state index in [2.05, 4.69) is 6.07 Å². The Morgan fingerprint density at radius 3 is 2.86 bits per heavy atom. The van der Waals surface area contributed by atoms with Crippen LogP contribution in [0.5, 0.6) is 11.5 Å². The molecule has 14 heavy (non-hydrogen) atoms. The summed E-state index contributed by atoms with van der Waals surface area (Å²) in [4.78, 5) is 2.62. The summed E-state index contributed by atoms with van der Waals surface area (Å²) in [7, 11) is 0. The van der Waals surface area contributed by atoms with Crippen LogP contribution in [0.25, 0.3) is 0 Å². The molecule has 2 aliphatic heterocycles. The summed E-state index contributed by atoms with van der Waals surface area (Å²) in [6, 6.07) is 4.16. The Balaban J connectivity index is 2.17. The Kier molecular flexibility index (Phi) is 2.25. The summed E-state index contributed by atoms with van der Waals surface area (Å²) in [6.07, 6.45) is 0. The molecular formula is C10H10O2S2. The van der Waals surface area contributed by atoms with E-state index >= 15 is 0 Å². The number of rotatable bonds is 0. The summed E-state index contributed by atoms with van der Waals surface area (Å²) >= 11 is 3.73. The van der Waals surface area contributed by atoms with Crippen molar-refractivity contribution in [2.45, 2.75) is 9.79 Å². The molecular weight excluding hydrogens is 216 g/mol. The fraction of sp³-hybridized carbons (Fsp3) is 0.400. The molecule has 0 saturated carbocycles. The van der Waals surface area contributed by atoms with Gasteiger partial charge < -0.3 is 9.47 Å². The second-order valence-corrected chi connectivity index (χ2v) is 5.36. The van der Waals surface area contributed by atoms with E-state index in [4.69, 9.17) is 9.47 Å². The smallest absolute Gasteiger partial charge is 0.175 e. The molecule has 74 valence electrons. The zero-order valence-electron chi connectivity index (χ0n) is 7.62. The van der Waals surface area contributed by atoms with Crippen molar-refractivity contribution < 1.29 is 9.47 Å². The Bertz CT molecular complexity index is 330. The third-order valence-corrected chi connectivity index (χ3v) is 4.43. The molecule has 0 aliphatic carbocycles. The summed E-state index contributed by atoms with van der Waals surface area (Å²) in [5, 5.41) is 0. The minimum absolute atomic E-state index is 0.776. The highest BCUT2D eigenvalue weighted by Crippen LogP contribution is 2.47. The van der Waals surface area contributed by atoms with E-state index in [9.17, 15) is 0 Å². The lowest BCUT2D eigenvalue weighted by Gasteiger charge is -2.24. The number of hydrogen-bond acceptors (Lipinski definition) is 4. The van der Waals surface area contributed by atoms with Gasteiger partial charge in [0, 0.05) is 16.4 Å². The summed E-state index contributed by atoms with van der Waals surface area (Å²) < 4.78 is 11.3. The van der Waals surface area contributed by atoms with Gasteiger partial charge in [-0.05, 0) is 12.1 Å².